The van der Waals surface area contributed by atoms with Crippen molar-refractivity contribution in [2.45, 2.75) is 19.4 Å². The lowest BCUT2D eigenvalue weighted by molar-refractivity contribution is 0.0578. The molecule has 1 aromatic heterocycles. The van der Waals surface area contributed by atoms with Crippen molar-refractivity contribution in [3.8, 4) is 0 Å². The standard InChI is InChI=1S/C13H21N5O.ClH/c1-10-8-12(16-15-10)13(19)18-6-4-17(5-7-18)11-2-3-14-9-11;/h8,11,14H,2-7,9H2,1H3,(H,15,16);1H. The molecule has 1 aromatic rings. The van der Waals surface area contributed by atoms with Gasteiger partial charge < -0.3 is 10.2 Å². The van der Waals surface area contributed by atoms with E-state index in [0.29, 0.717) is 11.7 Å². The summed E-state index contributed by atoms with van der Waals surface area (Å²) in [6.07, 6.45) is 1.23. The third-order valence-corrected chi connectivity index (χ3v) is 4.08. The van der Waals surface area contributed by atoms with Crippen LogP contribution < -0.4 is 5.32 Å². The van der Waals surface area contributed by atoms with Crippen LogP contribution in [0.4, 0.5) is 0 Å². The highest BCUT2D eigenvalue weighted by Gasteiger charge is 2.28. The molecule has 0 saturated carbocycles. The van der Waals surface area contributed by atoms with Gasteiger partial charge in [-0.1, -0.05) is 0 Å². The van der Waals surface area contributed by atoms with Gasteiger partial charge in [-0.2, -0.15) is 5.10 Å². The summed E-state index contributed by atoms with van der Waals surface area (Å²) in [5.41, 5.74) is 1.47. The molecular formula is C13H22ClN5O. The van der Waals surface area contributed by atoms with Crippen molar-refractivity contribution in [3.63, 3.8) is 0 Å². The highest BCUT2D eigenvalue weighted by atomic mass is 35.5. The number of hydrogen-bond donors (Lipinski definition) is 2. The summed E-state index contributed by atoms with van der Waals surface area (Å²) < 4.78 is 0. The Hall–Kier alpha value is -1.11. The lowest BCUT2D eigenvalue weighted by Gasteiger charge is -2.37. The summed E-state index contributed by atoms with van der Waals surface area (Å²) >= 11 is 0. The Kier molecular flexibility index (Phi) is 5.01. The molecule has 0 spiro atoms. The first-order valence-corrected chi connectivity index (χ1v) is 7.00. The number of aryl methyl sites for hydroxylation is 1. The molecular weight excluding hydrogens is 278 g/mol. The summed E-state index contributed by atoms with van der Waals surface area (Å²) in [7, 11) is 0. The highest BCUT2D eigenvalue weighted by molar-refractivity contribution is 5.92. The van der Waals surface area contributed by atoms with Gasteiger partial charge in [-0.25, -0.2) is 0 Å². The zero-order valence-electron chi connectivity index (χ0n) is 11.8. The maximum atomic E-state index is 12.3. The van der Waals surface area contributed by atoms with E-state index >= 15 is 0 Å². The third kappa shape index (κ3) is 3.13. The van der Waals surface area contributed by atoms with E-state index in [0.717, 1.165) is 45.0 Å². The number of rotatable bonds is 2. The van der Waals surface area contributed by atoms with Crippen molar-refractivity contribution in [2.24, 2.45) is 0 Å². The third-order valence-electron chi connectivity index (χ3n) is 4.08. The fraction of sp³-hybridized carbons (Fsp3) is 0.692. The maximum Gasteiger partial charge on any atom is 0.274 e. The van der Waals surface area contributed by atoms with E-state index in [2.05, 4.69) is 20.4 Å². The Labute approximate surface area is 125 Å². The van der Waals surface area contributed by atoms with Gasteiger partial charge in [-0.3, -0.25) is 14.8 Å². The minimum atomic E-state index is 0. The molecule has 6 nitrogen and oxygen atoms in total. The van der Waals surface area contributed by atoms with Gasteiger partial charge in [-0.15, -0.1) is 12.4 Å². The first-order chi connectivity index (χ1) is 9.24. The van der Waals surface area contributed by atoms with Gasteiger partial charge in [-0.05, 0) is 26.0 Å². The smallest absolute Gasteiger partial charge is 0.274 e. The molecule has 1 amide bonds. The summed E-state index contributed by atoms with van der Waals surface area (Å²) in [6.45, 7) is 7.68. The van der Waals surface area contributed by atoms with Crippen molar-refractivity contribution in [2.75, 3.05) is 39.3 Å². The Balaban J connectivity index is 0.00000147. The number of halogens is 1. The van der Waals surface area contributed by atoms with Crippen LogP contribution in [-0.2, 0) is 0 Å². The minimum Gasteiger partial charge on any atom is -0.335 e. The van der Waals surface area contributed by atoms with Crippen LogP contribution in [0.3, 0.4) is 0 Å². The largest absolute Gasteiger partial charge is 0.335 e. The van der Waals surface area contributed by atoms with E-state index in [4.69, 9.17) is 0 Å². The van der Waals surface area contributed by atoms with Gasteiger partial charge in [0.1, 0.15) is 5.69 Å². The number of nitrogens with zero attached hydrogens (tertiary/aromatic N) is 3. The predicted octanol–water partition coefficient (Wildman–Crippen LogP) is 0.260. The fourth-order valence-corrected chi connectivity index (χ4v) is 2.93. The average molecular weight is 300 g/mol. The lowest BCUT2D eigenvalue weighted by atomic mass is 10.2. The van der Waals surface area contributed by atoms with Gasteiger partial charge >= 0.3 is 0 Å². The molecule has 3 heterocycles. The molecule has 0 aliphatic carbocycles. The minimum absolute atomic E-state index is 0. The van der Waals surface area contributed by atoms with Crippen molar-refractivity contribution < 1.29 is 4.79 Å². The van der Waals surface area contributed by atoms with E-state index in [1.54, 1.807) is 0 Å². The first-order valence-electron chi connectivity index (χ1n) is 7.00. The van der Waals surface area contributed by atoms with E-state index in [1.165, 1.54) is 6.42 Å². The summed E-state index contributed by atoms with van der Waals surface area (Å²) in [5, 5.41) is 10.3. The molecule has 20 heavy (non-hydrogen) atoms. The van der Waals surface area contributed by atoms with E-state index in [1.807, 2.05) is 17.9 Å². The number of carbonyl (C=O) groups excluding carboxylic acids is 1. The van der Waals surface area contributed by atoms with Crippen molar-refractivity contribution in [1.82, 2.24) is 25.3 Å². The molecule has 0 radical (unpaired) electrons. The van der Waals surface area contributed by atoms with Crippen molar-refractivity contribution in [3.05, 3.63) is 17.5 Å². The molecule has 2 aliphatic rings. The van der Waals surface area contributed by atoms with Crippen LogP contribution >= 0.6 is 12.4 Å². The Morgan fingerprint density at radius 1 is 1.35 bits per heavy atom. The Morgan fingerprint density at radius 3 is 2.65 bits per heavy atom. The second-order valence-electron chi connectivity index (χ2n) is 5.41. The summed E-state index contributed by atoms with van der Waals surface area (Å²) in [6, 6.07) is 2.47. The van der Waals surface area contributed by atoms with E-state index < -0.39 is 0 Å². The molecule has 2 saturated heterocycles. The predicted molar refractivity (Wildman–Crippen MR) is 79.3 cm³/mol. The SMILES string of the molecule is Cc1cc(C(=O)N2CCN(C3CCNC3)CC2)n[nH]1.Cl. The van der Waals surface area contributed by atoms with Gasteiger partial charge in [0, 0.05) is 44.5 Å². The quantitative estimate of drug-likeness (QED) is 0.822. The van der Waals surface area contributed by atoms with Crippen LogP contribution in [0, 0.1) is 6.92 Å². The van der Waals surface area contributed by atoms with Crippen molar-refractivity contribution >= 4 is 18.3 Å². The second-order valence-corrected chi connectivity index (χ2v) is 5.41. The molecule has 112 valence electrons. The number of aromatic nitrogens is 2. The molecule has 2 N–H and O–H groups in total. The summed E-state index contributed by atoms with van der Waals surface area (Å²) in [5.74, 6) is 0.0496. The second kappa shape index (κ2) is 6.56. The number of aromatic amines is 1. The topological polar surface area (TPSA) is 64.3 Å². The van der Waals surface area contributed by atoms with Crippen LogP contribution in [0.15, 0.2) is 6.07 Å². The number of carbonyl (C=O) groups is 1. The van der Waals surface area contributed by atoms with Crippen LogP contribution in [0.2, 0.25) is 0 Å². The molecule has 2 fully saturated rings. The van der Waals surface area contributed by atoms with Gasteiger partial charge in [0.2, 0.25) is 0 Å². The first kappa shape index (κ1) is 15.3. The normalized spacial score (nSPS) is 23.6. The van der Waals surface area contributed by atoms with Crippen LogP contribution in [0.25, 0.3) is 0 Å². The highest BCUT2D eigenvalue weighted by Crippen LogP contribution is 2.13. The van der Waals surface area contributed by atoms with Gasteiger partial charge in [0.15, 0.2) is 0 Å². The molecule has 7 heteroatoms. The number of hydrogen-bond acceptors (Lipinski definition) is 4. The summed E-state index contributed by atoms with van der Waals surface area (Å²) in [4.78, 5) is 16.7. The fourth-order valence-electron chi connectivity index (χ4n) is 2.93. The molecule has 1 atom stereocenters. The molecule has 0 aromatic carbocycles. The van der Waals surface area contributed by atoms with E-state index in [9.17, 15) is 4.79 Å². The average Bonchev–Trinajstić information content (AvgIpc) is 3.09. The van der Waals surface area contributed by atoms with Crippen LogP contribution in [0.1, 0.15) is 22.6 Å². The van der Waals surface area contributed by atoms with Crippen molar-refractivity contribution in [1.29, 1.82) is 0 Å². The number of amides is 1. The van der Waals surface area contributed by atoms with Gasteiger partial charge in [0.25, 0.3) is 5.91 Å². The maximum absolute atomic E-state index is 12.3. The Morgan fingerprint density at radius 2 is 2.10 bits per heavy atom. The monoisotopic (exact) mass is 299 g/mol. The van der Waals surface area contributed by atoms with E-state index in [-0.39, 0.29) is 18.3 Å². The lowest BCUT2D eigenvalue weighted by Crippen LogP contribution is -2.52. The zero-order chi connectivity index (χ0) is 13.2. The van der Waals surface area contributed by atoms with Crippen LogP contribution in [-0.4, -0.2) is 71.2 Å². The molecule has 2 aliphatic heterocycles. The molecule has 1 unspecified atom stereocenters. The zero-order valence-corrected chi connectivity index (χ0v) is 12.6. The Bertz CT molecular complexity index is 449. The molecule has 0 bridgehead atoms. The van der Waals surface area contributed by atoms with Gasteiger partial charge in [0.05, 0.1) is 0 Å². The number of nitrogens with one attached hydrogen (secondary N) is 2. The molecule has 3 rings (SSSR count). The number of piperazine rings is 1. The number of H-pyrrole nitrogens is 1. The van der Waals surface area contributed by atoms with Crippen LogP contribution in [0.5, 0.6) is 0 Å².